The highest BCUT2D eigenvalue weighted by Gasteiger charge is 2.24. The molecule has 0 atom stereocenters. The van der Waals surface area contributed by atoms with Gasteiger partial charge in [0.1, 0.15) is 5.84 Å². The SMILES string of the molecule is C=C(C1=C(C)CCN(Cc2ccccc2)C1)N1CCN=C1C. The summed E-state index contributed by atoms with van der Waals surface area (Å²) >= 11 is 0. The summed E-state index contributed by atoms with van der Waals surface area (Å²) in [5.74, 6) is 1.10. The van der Waals surface area contributed by atoms with E-state index in [0.717, 1.165) is 50.7 Å². The average molecular weight is 295 g/mol. The standard InChI is InChI=1S/C19H25N3/c1-15-9-11-21(13-18-7-5-4-6-8-18)14-19(15)16(2)22-12-10-20-17(22)3/h4-8H,2,9-14H2,1,3H3. The quantitative estimate of drug-likeness (QED) is 0.847. The van der Waals surface area contributed by atoms with Crippen molar-refractivity contribution >= 4 is 5.84 Å². The van der Waals surface area contributed by atoms with Gasteiger partial charge in [-0.05, 0) is 31.4 Å². The molecule has 1 aromatic rings. The maximum absolute atomic E-state index is 4.49. The highest BCUT2D eigenvalue weighted by molar-refractivity contribution is 5.83. The number of aliphatic imine (C=N–C) groups is 1. The molecule has 3 nitrogen and oxygen atoms in total. The number of benzene rings is 1. The normalized spacial score (nSPS) is 19.5. The van der Waals surface area contributed by atoms with Crippen LogP contribution in [0.1, 0.15) is 25.8 Å². The Kier molecular flexibility index (Phi) is 4.44. The van der Waals surface area contributed by atoms with E-state index in [0.29, 0.717) is 0 Å². The fourth-order valence-electron chi connectivity index (χ4n) is 3.28. The summed E-state index contributed by atoms with van der Waals surface area (Å²) in [5, 5.41) is 0. The molecule has 0 aliphatic carbocycles. The number of hydrogen-bond acceptors (Lipinski definition) is 3. The van der Waals surface area contributed by atoms with Gasteiger partial charge in [0.15, 0.2) is 0 Å². The van der Waals surface area contributed by atoms with E-state index in [9.17, 15) is 0 Å². The summed E-state index contributed by atoms with van der Waals surface area (Å²) in [6, 6.07) is 10.7. The molecule has 0 bridgehead atoms. The molecule has 0 saturated carbocycles. The van der Waals surface area contributed by atoms with Crippen molar-refractivity contribution in [1.29, 1.82) is 0 Å². The Labute approximate surface area is 133 Å². The van der Waals surface area contributed by atoms with Gasteiger partial charge in [0.2, 0.25) is 0 Å². The lowest BCUT2D eigenvalue weighted by molar-refractivity contribution is 0.275. The average Bonchev–Trinajstić information content (AvgIpc) is 2.96. The van der Waals surface area contributed by atoms with Gasteiger partial charge in [-0.2, -0.15) is 0 Å². The second-order valence-electron chi connectivity index (χ2n) is 6.23. The maximum Gasteiger partial charge on any atom is 0.100 e. The van der Waals surface area contributed by atoms with E-state index in [1.807, 2.05) is 0 Å². The zero-order chi connectivity index (χ0) is 15.5. The van der Waals surface area contributed by atoms with Gasteiger partial charge < -0.3 is 4.90 Å². The molecule has 2 aliphatic rings. The zero-order valence-corrected chi connectivity index (χ0v) is 13.7. The van der Waals surface area contributed by atoms with Crippen LogP contribution in [0.2, 0.25) is 0 Å². The molecule has 22 heavy (non-hydrogen) atoms. The van der Waals surface area contributed by atoms with Crippen LogP contribution in [-0.2, 0) is 6.54 Å². The van der Waals surface area contributed by atoms with Gasteiger partial charge in [-0.15, -0.1) is 0 Å². The molecule has 2 heterocycles. The monoisotopic (exact) mass is 295 g/mol. The fourth-order valence-corrected chi connectivity index (χ4v) is 3.28. The van der Waals surface area contributed by atoms with Gasteiger partial charge in [0.05, 0.1) is 6.54 Å². The first-order chi connectivity index (χ1) is 10.6. The second-order valence-corrected chi connectivity index (χ2v) is 6.23. The lowest BCUT2D eigenvalue weighted by atomic mass is 9.98. The van der Waals surface area contributed by atoms with Crippen LogP contribution in [0.15, 0.2) is 58.7 Å². The van der Waals surface area contributed by atoms with Crippen LogP contribution in [-0.4, -0.2) is 41.8 Å². The summed E-state index contributed by atoms with van der Waals surface area (Å²) in [4.78, 5) is 9.28. The van der Waals surface area contributed by atoms with Crippen LogP contribution < -0.4 is 0 Å². The van der Waals surface area contributed by atoms with Crippen molar-refractivity contribution in [2.45, 2.75) is 26.8 Å². The maximum atomic E-state index is 4.49. The summed E-state index contributed by atoms with van der Waals surface area (Å²) in [6.07, 6.45) is 1.13. The van der Waals surface area contributed by atoms with Crippen LogP contribution in [0.3, 0.4) is 0 Å². The molecule has 0 aromatic heterocycles. The van der Waals surface area contributed by atoms with Crippen molar-refractivity contribution in [3.05, 3.63) is 59.3 Å². The molecule has 3 rings (SSSR count). The summed E-state index contributed by atoms with van der Waals surface area (Å²) in [6.45, 7) is 13.7. The van der Waals surface area contributed by atoms with Crippen molar-refractivity contribution in [3.8, 4) is 0 Å². The van der Waals surface area contributed by atoms with Crippen molar-refractivity contribution in [2.24, 2.45) is 4.99 Å². The zero-order valence-electron chi connectivity index (χ0n) is 13.7. The van der Waals surface area contributed by atoms with E-state index in [1.54, 1.807) is 0 Å². The van der Waals surface area contributed by atoms with E-state index in [4.69, 9.17) is 0 Å². The van der Waals surface area contributed by atoms with Gasteiger partial charge in [-0.1, -0.05) is 42.5 Å². The summed E-state index contributed by atoms with van der Waals surface area (Å²) in [5.41, 5.74) is 5.41. The lowest BCUT2D eigenvalue weighted by Gasteiger charge is -2.33. The summed E-state index contributed by atoms with van der Waals surface area (Å²) in [7, 11) is 0. The van der Waals surface area contributed by atoms with Gasteiger partial charge in [0, 0.05) is 31.9 Å². The molecule has 1 aromatic carbocycles. The van der Waals surface area contributed by atoms with Crippen LogP contribution in [0.5, 0.6) is 0 Å². The Hall–Kier alpha value is -1.87. The van der Waals surface area contributed by atoms with E-state index in [-0.39, 0.29) is 0 Å². The van der Waals surface area contributed by atoms with Gasteiger partial charge in [-0.3, -0.25) is 9.89 Å². The smallest absolute Gasteiger partial charge is 0.100 e. The largest absolute Gasteiger partial charge is 0.329 e. The minimum atomic E-state index is 0.894. The molecule has 0 amide bonds. The minimum Gasteiger partial charge on any atom is -0.329 e. The number of nitrogens with zero attached hydrogens (tertiary/aromatic N) is 3. The van der Waals surface area contributed by atoms with E-state index < -0.39 is 0 Å². The molecular weight excluding hydrogens is 270 g/mol. The Morgan fingerprint density at radius 2 is 1.95 bits per heavy atom. The Morgan fingerprint density at radius 1 is 1.18 bits per heavy atom. The summed E-state index contributed by atoms with van der Waals surface area (Å²) < 4.78 is 0. The van der Waals surface area contributed by atoms with Gasteiger partial charge >= 0.3 is 0 Å². The third kappa shape index (κ3) is 3.14. The third-order valence-corrected chi connectivity index (χ3v) is 4.68. The molecule has 2 aliphatic heterocycles. The molecule has 3 heteroatoms. The first kappa shape index (κ1) is 15.0. The lowest BCUT2D eigenvalue weighted by Crippen LogP contribution is -2.35. The van der Waals surface area contributed by atoms with Gasteiger partial charge in [-0.25, -0.2) is 0 Å². The molecule has 116 valence electrons. The highest BCUT2D eigenvalue weighted by Crippen LogP contribution is 2.27. The van der Waals surface area contributed by atoms with Crippen molar-refractivity contribution in [2.75, 3.05) is 26.2 Å². The first-order valence-electron chi connectivity index (χ1n) is 8.08. The number of hydrogen-bond donors (Lipinski definition) is 0. The van der Waals surface area contributed by atoms with Crippen molar-refractivity contribution < 1.29 is 0 Å². The third-order valence-electron chi connectivity index (χ3n) is 4.68. The molecular formula is C19H25N3. The molecule has 0 saturated heterocycles. The molecule has 0 radical (unpaired) electrons. The van der Waals surface area contributed by atoms with Crippen LogP contribution >= 0.6 is 0 Å². The Morgan fingerprint density at radius 3 is 2.64 bits per heavy atom. The van der Waals surface area contributed by atoms with E-state index in [1.165, 1.54) is 16.7 Å². The topological polar surface area (TPSA) is 18.8 Å². The highest BCUT2D eigenvalue weighted by atomic mass is 15.2. The molecule has 0 unspecified atom stereocenters. The first-order valence-corrected chi connectivity index (χ1v) is 8.08. The predicted molar refractivity (Wildman–Crippen MR) is 92.9 cm³/mol. The van der Waals surface area contributed by atoms with Crippen molar-refractivity contribution in [3.63, 3.8) is 0 Å². The number of rotatable bonds is 4. The minimum absolute atomic E-state index is 0.894. The molecule has 0 fully saturated rings. The fraction of sp³-hybridized carbons (Fsp3) is 0.421. The van der Waals surface area contributed by atoms with Crippen LogP contribution in [0, 0.1) is 0 Å². The Balaban J connectivity index is 1.71. The molecule has 0 N–H and O–H groups in total. The molecule has 0 spiro atoms. The van der Waals surface area contributed by atoms with E-state index >= 15 is 0 Å². The Bertz CT molecular complexity index is 613. The van der Waals surface area contributed by atoms with E-state index in [2.05, 4.69) is 65.6 Å². The predicted octanol–water partition coefficient (Wildman–Crippen LogP) is 3.46. The second kappa shape index (κ2) is 6.49. The van der Waals surface area contributed by atoms with Crippen LogP contribution in [0.4, 0.5) is 0 Å². The van der Waals surface area contributed by atoms with Crippen molar-refractivity contribution in [1.82, 2.24) is 9.80 Å². The van der Waals surface area contributed by atoms with Gasteiger partial charge in [0.25, 0.3) is 0 Å². The van der Waals surface area contributed by atoms with Crippen LogP contribution in [0.25, 0.3) is 0 Å². The number of amidine groups is 1.